The number of hydrogen-bond acceptors (Lipinski definition) is 6. The van der Waals surface area contributed by atoms with E-state index in [9.17, 15) is 5.11 Å². The monoisotopic (exact) mass is 310 g/mol. The predicted octanol–water partition coefficient (Wildman–Crippen LogP) is 1.21. The summed E-state index contributed by atoms with van der Waals surface area (Å²) in [5.74, 6) is 6.65. The van der Waals surface area contributed by atoms with E-state index < -0.39 is 0 Å². The van der Waals surface area contributed by atoms with Crippen LogP contribution in [0.1, 0.15) is 11.4 Å². The fourth-order valence-electron chi connectivity index (χ4n) is 1.23. The number of aromatic hydroxyl groups is 1. The van der Waals surface area contributed by atoms with Gasteiger partial charge in [-0.15, -0.1) is 10.2 Å². The Morgan fingerprint density at radius 2 is 2.28 bits per heavy atom. The maximum atomic E-state index is 9.59. The first kappa shape index (κ1) is 12.4. The van der Waals surface area contributed by atoms with Crippen molar-refractivity contribution in [1.82, 2.24) is 14.9 Å². The number of phenolic OH excluding ortho intramolecular Hbond substituents is 1. The van der Waals surface area contributed by atoms with Crippen LogP contribution in [-0.4, -0.2) is 26.2 Å². The molecule has 0 saturated heterocycles. The molecule has 1 heterocycles. The molecule has 0 unspecified atom stereocenters. The molecule has 0 amide bonds. The predicted molar refractivity (Wildman–Crippen MR) is 71.9 cm³/mol. The number of anilines is 1. The summed E-state index contributed by atoms with van der Waals surface area (Å²) in [6.45, 7) is 1.72. The first-order chi connectivity index (χ1) is 8.58. The Labute approximate surface area is 111 Å². The second-order valence-corrected chi connectivity index (χ2v) is 4.43. The molecule has 1 aromatic heterocycles. The van der Waals surface area contributed by atoms with E-state index in [1.165, 1.54) is 10.9 Å². The van der Waals surface area contributed by atoms with Gasteiger partial charge < -0.3 is 10.9 Å². The molecule has 0 fully saturated rings. The lowest BCUT2D eigenvalue weighted by Crippen LogP contribution is -2.13. The van der Waals surface area contributed by atoms with Crippen LogP contribution in [0, 0.1) is 6.92 Å². The van der Waals surface area contributed by atoms with E-state index in [0.29, 0.717) is 17.3 Å². The number of phenols is 1. The van der Waals surface area contributed by atoms with E-state index in [0.717, 1.165) is 4.47 Å². The highest BCUT2D eigenvalue weighted by Crippen LogP contribution is 2.20. The average Bonchev–Trinajstić information content (AvgIpc) is 2.65. The van der Waals surface area contributed by atoms with Gasteiger partial charge in [-0.1, -0.05) is 15.9 Å². The van der Waals surface area contributed by atoms with E-state index in [2.05, 4.69) is 36.7 Å². The van der Waals surface area contributed by atoms with E-state index in [-0.39, 0.29) is 5.75 Å². The van der Waals surface area contributed by atoms with Gasteiger partial charge in [0.05, 0.1) is 6.21 Å². The van der Waals surface area contributed by atoms with Crippen LogP contribution >= 0.6 is 15.9 Å². The minimum atomic E-state index is 0.133. The number of nitrogens with zero attached hydrogens (tertiary/aromatic N) is 4. The molecule has 18 heavy (non-hydrogen) atoms. The summed E-state index contributed by atoms with van der Waals surface area (Å²) in [7, 11) is 0. The van der Waals surface area contributed by atoms with Crippen molar-refractivity contribution in [3.63, 3.8) is 0 Å². The molecule has 2 aromatic rings. The molecular weight excluding hydrogens is 300 g/mol. The molecule has 7 nitrogen and oxygen atoms in total. The lowest BCUT2D eigenvalue weighted by atomic mass is 10.2. The van der Waals surface area contributed by atoms with Crippen molar-refractivity contribution in [3.8, 4) is 5.75 Å². The maximum Gasteiger partial charge on any atom is 0.263 e. The van der Waals surface area contributed by atoms with Gasteiger partial charge in [0.1, 0.15) is 5.75 Å². The molecule has 0 radical (unpaired) electrons. The van der Waals surface area contributed by atoms with Gasteiger partial charge in [0.2, 0.25) is 0 Å². The molecule has 2 rings (SSSR count). The largest absolute Gasteiger partial charge is 0.507 e. The van der Waals surface area contributed by atoms with Crippen LogP contribution in [0.4, 0.5) is 5.95 Å². The van der Waals surface area contributed by atoms with Crippen LogP contribution in [-0.2, 0) is 0 Å². The molecule has 0 spiro atoms. The first-order valence-corrected chi connectivity index (χ1v) is 5.82. The topological polar surface area (TPSA) is 101 Å². The van der Waals surface area contributed by atoms with Crippen molar-refractivity contribution in [1.29, 1.82) is 0 Å². The van der Waals surface area contributed by atoms with Gasteiger partial charge in [-0.05, 0) is 25.1 Å². The van der Waals surface area contributed by atoms with Gasteiger partial charge in [-0.2, -0.15) is 5.10 Å². The van der Waals surface area contributed by atoms with Crippen molar-refractivity contribution >= 4 is 28.1 Å². The van der Waals surface area contributed by atoms with Crippen molar-refractivity contribution in [2.24, 2.45) is 5.10 Å². The molecule has 0 aliphatic heterocycles. The number of halogens is 1. The van der Waals surface area contributed by atoms with E-state index >= 15 is 0 Å². The number of nitrogens with one attached hydrogen (secondary N) is 1. The highest BCUT2D eigenvalue weighted by molar-refractivity contribution is 9.10. The molecule has 4 N–H and O–H groups in total. The number of nitrogen functional groups attached to an aromatic ring is 1. The molecule has 8 heteroatoms. The summed E-state index contributed by atoms with van der Waals surface area (Å²) in [4.78, 5) is 0. The zero-order chi connectivity index (χ0) is 13.1. The van der Waals surface area contributed by atoms with Gasteiger partial charge in [-0.3, -0.25) is 0 Å². The molecule has 0 saturated carbocycles. The van der Waals surface area contributed by atoms with Crippen LogP contribution in [0.25, 0.3) is 0 Å². The second kappa shape index (κ2) is 5.05. The van der Waals surface area contributed by atoms with Crippen LogP contribution in [0.15, 0.2) is 27.8 Å². The SMILES string of the molecule is Cc1nnc(N/N=C/c2cc(Br)ccc2O)n1N. The number of aromatic nitrogens is 3. The van der Waals surface area contributed by atoms with E-state index in [1.807, 2.05) is 0 Å². The standard InChI is InChI=1S/C10H11BrN6O/c1-6-14-16-10(17(6)12)15-13-5-7-4-8(11)2-3-9(7)18/h2-5,18H,12H2,1H3,(H,15,16)/b13-5+. The lowest BCUT2D eigenvalue weighted by molar-refractivity contribution is 0.474. The van der Waals surface area contributed by atoms with Gasteiger partial charge in [-0.25, -0.2) is 10.1 Å². The summed E-state index contributed by atoms with van der Waals surface area (Å²) in [5, 5.41) is 21.1. The van der Waals surface area contributed by atoms with Gasteiger partial charge >= 0.3 is 0 Å². The Balaban J connectivity index is 2.12. The Kier molecular flexibility index (Phi) is 3.47. The molecular formula is C10H11BrN6O. The average molecular weight is 311 g/mol. The number of nitrogens with two attached hydrogens (primary N) is 1. The lowest BCUT2D eigenvalue weighted by Gasteiger charge is -2.01. The second-order valence-electron chi connectivity index (χ2n) is 3.51. The first-order valence-electron chi connectivity index (χ1n) is 5.02. The summed E-state index contributed by atoms with van der Waals surface area (Å²) >= 11 is 3.31. The normalized spacial score (nSPS) is 11.0. The number of aryl methyl sites for hydroxylation is 1. The number of hydrogen-bond donors (Lipinski definition) is 3. The highest BCUT2D eigenvalue weighted by Gasteiger charge is 2.03. The van der Waals surface area contributed by atoms with Crippen molar-refractivity contribution in [2.45, 2.75) is 6.92 Å². The Morgan fingerprint density at radius 1 is 1.50 bits per heavy atom. The van der Waals surface area contributed by atoms with Gasteiger partial charge in [0.25, 0.3) is 5.95 Å². The quantitative estimate of drug-likeness (QED) is 0.449. The summed E-state index contributed by atoms with van der Waals surface area (Å²) < 4.78 is 2.12. The van der Waals surface area contributed by atoms with Crippen molar-refractivity contribution < 1.29 is 5.11 Å². The number of rotatable bonds is 3. The molecule has 0 atom stereocenters. The van der Waals surface area contributed by atoms with Crippen LogP contribution in [0.2, 0.25) is 0 Å². The smallest absolute Gasteiger partial charge is 0.263 e. The van der Waals surface area contributed by atoms with E-state index in [1.54, 1.807) is 25.1 Å². The Hall–Kier alpha value is -2.09. The number of benzene rings is 1. The molecule has 94 valence electrons. The minimum Gasteiger partial charge on any atom is -0.507 e. The fraction of sp³-hybridized carbons (Fsp3) is 0.100. The molecule has 1 aromatic carbocycles. The Morgan fingerprint density at radius 3 is 2.94 bits per heavy atom. The molecule has 0 bridgehead atoms. The third-order valence-electron chi connectivity index (χ3n) is 2.22. The molecule has 0 aliphatic rings. The summed E-state index contributed by atoms with van der Waals surface area (Å²) in [5.41, 5.74) is 3.20. The maximum absolute atomic E-state index is 9.59. The van der Waals surface area contributed by atoms with Gasteiger partial charge in [0.15, 0.2) is 5.82 Å². The minimum absolute atomic E-state index is 0.133. The third-order valence-corrected chi connectivity index (χ3v) is 2.72. The summed E-state index contributed by atoms with van der Waals surface area (Å²) in [6, 6.07) is 5.04. The third kappa shape index (κ3) is 2.59. The fourth-order valence-corrected chi connectivity index (χ4v) is 1.61. The summed E-state index contributed by atoms with van der Waals surface area (Å²) in [6.07, 6.45) is 1.46. The van der Waals surface area contributed by atoms with Crippen LogP contribution in [0.5, 0.6) is 5.75 Å². The highest BCUT2D eigenvalue weighted by atomic mass is 79.9. The van der Waals surface area contributed by atoms with Crippen molar-refractivity contribution in [3.05, 3.63) is 34.1 Å². The zero-order valence-electron chi connectivity index (χ0n) is 9.50. The van der Waals surface area contributed by atoms with Crippen LogP contribution < -0.4 is 11.3 Å². The Bertz CT molecular complexity index is 594. The van der Waals surface area contributed by atoms with Gasteiger partial charge in [0, 0.05) is 10.0 Å². The number of hydrazone groups is 1. The van der Waals surface area contributed by atoms with Crippen molar-refractivity contribution in [2.75, 3.05) is 11.3 Å². The molecule has 0 aliphatic carbocycles. The zero-order valence-corrected chi connectivity index (χ0v) is 11.1. The van der Waals surface area contributed by atoms with E-state index in [4.69, 9.17) is 5.84 Å². The van der Waals surface area contributed by atoms with Crippen LogP contribution in [0.3, 0.4) is 0 Å².